The van der Waals surface area contributed by atoms with Gasteiger partial charge >= 0.3 is 5.82 Å². The Hall–Kier alpha value is -2.11. The molecule has 1 heterocycles. The molecule has 30 heavy (non-hydrogen) atoms. The molecule has 0 aliphatic heterocycles. The molecular formula is C25H32N3S2+. The molecule has 0 spiro atoms. The van der Waals surface area contributed by atoms with Crippen molar-refractivity contribution in [2.75, 3.05) is 5.32 Å². The van der Waals surface area contributed by atoms with Gasteiger partial charge in [-0.1, -0.05) is 47.6 Å². The number of nitrogens with zero attached hydrogens (tertiary/aromatic N) is 2. The number of nitrogens with one attached hydrogen (secondary N) is 1. The highest BCUT2D eigenvalue weighted by Crippen LogP contribution is 2.29. The van der Waals surface area contributed by atoms with Gasteiger partial charge in [-0.15, -0.1) is 12.6 Å². The molecule has 0 aliphatic carbocycles. The van der Waals surface area contributed by atoms with Crippen LogP contribution < -0.4 is 9.88 Å². The number of benzene rings is 2. The number of hydrogen-bond acceptors (Lipinski definition) is 2. The molecule has 2 aromatic carbocycles. The second kappa shape index (κ2) is 8.56. The number of aryl methyl sites for hydroxylation is 6. The molecule has 0 aliphatic rings. The number of thiocarbonyl (C=S) groups is 1. The van der Waals surface area contributed by atoms with Crippen LogP contribution in [0.4, 0.5) is 5.82 Å². The third kappa shape index (κ3) is 4.19. The van der Waals surface area contributed by atoms with Gasteiger partial charge in [-0.3, -0.25) is 0 Å². The standard InChI is InChI=1S/C25H31N3S2/c1-14(2)26-21-13-27(22-17(5)9-15(3)10-18(22)6)24(25(29)30)28(21)23-19(7)11-16(4)12-20(23)8/h9-14H,1-8H3,(H-,26,29,30)/p+1. The first-order valence-corrected chi connectivity index (χ1v) is 11.2. The average molecular weight is 439 g/mol. The van der Waals surface area contributed by atoms with Crippen molar-refractivity contribution in [1.82, 2.24) is 4.57 Å². The molecule has 158 valence electrons. The number of aromatic nitrogens is 2. The first kappa shape index (κ1) is 22.6. The summed E-state index contributed by atoms with van der Waals surface area (Å²) in [7, 11) is 0. The van der Waals surface area contributed by atoms with Crippen molar-refractivity contribution >= 4 is 34.9 Å². The van der Waals surface area contributed by atoms with Crippen LogP contribution in [0.5, 0.6) is 0 Å². The van der Waals surface area contributed by atoms with Gasteiger partial charge in [0.15, 0.2) is 10.4 Å². The van der Waals surface area contributed by atoms with E-state index in [1.165, 1.54) is 33.4 Å². The van der Waals surface area contributed by atoms with Crippen molar-refractivity contribution in [3.05, 3.63) is 69.7 Å². The van der Waals surface area contributed by atoms with Gasteiger partial charge < -0.3 is 5.32 Å². The molecule has 1 N–H and O–H groups in total. The van der Waals surface area contributed by atoms with Gasteiger partial charge in [-0.25, -0.2) is 0 Å². The van der Waals surface area contributed by atoms with Gasteiger partial charge in [0.05, 0.1) is 0 Å². The van der Waals surface area contributed by atoms with Gasteiger partial charge in [0.2, 0.25) is 5.82 Å². The maximum absolute atomic E-state index is 5.68. The molecule has 0 fully saturated rings. The Morgan fingerprint density at radius 2 is 1.37 bits per heavy atom. The first-order chi connectivity index (χ1) is 14.0. The Labute approximate surface area is 191 Å². The summed E-state index contributed by atoms with van der Waals surface area (Å²) in [5.41, 5.74) is 9.68. The Morgan fingerprint density at radius 3 is 1.80 bits per heavy atom. The Bertz CT molecular complexity index is 1090. The largest absolute Gasteiger partial charge is 0.347 e. The highest BCUT2D eigenvalue weighted by Gasteiger charge is 2.32. The van der Waals surface area contributed by atoms with Crippen LogP contribution in [0, 0.1) is 41.5 Å². The summed E-state index contributed by atoms with van der Waals surface area (Å²) >= 11 is 10.4. The van der Waals surface area contributed by atoms with E-state index in [-0.39, 0.29) is 6.04 Å². The van der Waals surface area contributed by atoms with E-state index < -0.39 is 0 Å². The fourth-order valence-electron chi connectivity index (χ4n) is 4.53. The van der Waals surface area contributed by atoms with E-state index in [9.17, 15) is 0 Å². The minimum atomic E-state index is 0.278. The number of hydrogen-bond donors (Lipinski definition) is 2. The molecule has 5 heteroatoms. The molecule has 0 unspecified atom stereocenters. The molecule has 0 bridgehead atoms. The minimum Gasteiger partial charge on any atom is -0.347 e. The van der Waals surface area contributed by atoms with E-state index >= 15 is 0 Å². The third-order valence-corrected chi connectivity index (χ3v) is 5.68. The molecule has 0 saturated heterocycles. The number of thiol groups is 1. The zero-order valence-corrected chi connectivity index (χ0v) is 20.9. The van der Waals surface area contributed by atoms with Crippen LogP contribution in [0.2, 0.25) is 0 Å². The quantitative estimate of drug-likeness (QED) is 0.288. The first-order valence-electron chi connectivity index (χ1n) is 10.3. The van der Waals surface area contributed by atoms with Crippen LogP contribution in [-0.4, -0.2) is 14.8 Å². The van der Waals surface area contributed by atoms with Crippen LogP contribution in [0.1, 0.15) is 53.1 Å². The zero-order valence-electron chi connectivity index (χ0n) is 19.2. The summed E-state index contributed by atoms with van der Waals surface area (Å²) in [5.74, 6) is 1.90. The highest BCUT2D eigenvalue weighted by molar-refractivity contribution is 8.11. The lowest BCUT2D eigenvalue weighted by Gasteiger charge is -2.14. The summed E-state index contributed by atoms with van der Waals surface area (Å²) in [6.07, 6.45) is 2.15. The Balaban J connectivity index is 2.46. The van der Waals surface area contributed by atoms with Crippen molar-refractivity contribution in [2.24, 2.45) is 0 Å². The molecule has 1 aromatic heterocycles. The van der Waals surface area contributed by atoms with Crippen molar-refractivity contribution < 1.29 is 4.57 Å². The number of imidazole rings is 1. The van der Waals surface area contributed by atoms with Gasteiger partial charge in [0, 0.05) is 6.04 Å². The van der Waals surface area contributed by atoms with Crippen molar-refractivity contribution in [3.63, 3.8) is 0 Å². The molecule has 3 aromatic rings. The molecule has 0 radical (unpaired) electrons. The predicted octanol–water partition coefficient (Wildman–Crippen LogP) is 6.03. The molecule has 0 atom stereocenters. The van der Waals surface area contributed by atoms with E-state index in [0.29, 0.717) is 4.20 Å². The smallest absolute Gasteiger partial charge is 0.318 e. The fourth-order valence-corrected chi connectivity index (χ4v) is 4.93. The lowest BCUT2D eigenvalue weighted by atomic mass is 10.0. The van der Waals surface area contributed by atoms with Gasteiger partial charge in [-0.2, -0.15) is 9.13 Å². The Kier molecular flexibility index (Phi) is 6.44. The van der Waals surface area contributed by atoms with Gasteiger partial charge in [0.25, 0.3) is 0 Å². The minimum absolute atomic E-state index is 0.278. The van der Waals surface area contributed by atoms with E-state index in [4.69, 9.17) is 12.2 Å². The average Bonchev–Trinajstić information content (AvgIpc) is 2.91. The van der Waals surface area contributed by atoms with Crippen molar-refractivity contribution in [1.29, 1.82) is 0 Å². The van der Waals surface area contributed by atoms with Gasteiger partial charge in [-0.05, 0) is 77.6 Å². The summed E-state index contributed by atoms with van der Waals surface area (Å²) in [5, 5.41) is 3.63. The van der Waals surface area contributed by atoms with Crippen LogP contribution in [0.25, 0.3) is 11.4 Å². The number of anilines is 1. The molecule has 0 amide bonds. The maximum atomic E-state index is 5.68. The summed E-state index contributed by atoms with van der Waals surface area (Å²) in [6, 6.07) is 9.16. The van der Waals surface area contributed by atoms with Crippen molar-refractivity contribution in [2.45, 2.75) is 61.4 Å². The van der Waals surface area contributed by atoms with E-state index in [1.54, 1.807) is 0 Å². The van der Waals surface area contributed by atoms with E-state index in [2.05, 4.69) is 113 Å². The van der Waals surface area contributed by atoms with Crippen LogP contribution in [0.3, 0.4) is 0 Å². The monoisotopic (exact) mass is 438 g/mol. The second-order valence-electron chi connectivity index (χ2n) is 8.64. The molecular weight excluding hydrogens is 406 g/mol. The SMILES string of the molecule is Cc1cc(C)c(-n2c(NC(C)C)c[n+](-c3c(C)cc(C)cc3C)c2C(=S)S)c(C)c1. The summed E-state index contributed by atoms with van der Waals surface area (Å²) in [6.45, 7) is 17.2. The third-order valence-electron chi connectivity index (χ3n) is 5.30. The summed E-state index contributed by atoms with van der Waals surface area (Å²) in [4.78, 5) is 0. The predicted molar refractivity (Wildman–Crippen MR) is 135 cm³/mol. The maximum Gasteiger partial charge on any atom is 0.318 e. The topological polar surface area (TPSA) is 20.8 Å². The normalized spacial score (nSPS) is 11.3. The molecule has 3 rings (SSSR count). The van der Waals surface area contributed by atoms with Crippen LogP contribution in [0.15, 0.2) is 30.5 Å². The molecule has 0 saturated carbocycles. The van der Waals surface area contributed by atoms with Gasteiger partial charge in [0.1, 0.15) is 11.4 Å². The Morgan fingerprint density at radius 1 is 0.900 bits per heavy atom. The van der Waals surface area contributed by atoms with Crippen molar-refractivity contribution in [3.8, 4) is 11.4 Å². The van der Waals surface area contributed by atoms with Crippen LogP contribution >= 0.6 is 24.8 Å². The van der Waals surface area contributed by atoms with Crippen LogP contribution in [-0.2, 0) is 0 Å². The zero-order chi connectivity index (χ0) is 22.3. The fraction of sp³-hybridized carbons (Fsp3) is 0.360. The van der Waals surface area contributed by atoms with E-state index in [0.717, 1.165) is 23.0 Å². The number of rotatable bonds is 5. The molecule has 3 nitrogen and oxygen atoms in total. The lowest BCUT2D eigenvalue weighted by Crippen LogP contribution is -2.37. The van der Waals surface area contributed by atoms with E-state index in [1.807, 2.05) is 0 Å². The lowest BCUT2D eigenvalue weighted by molar-refractivity contribution is -0.596. The summed E-state index contributed by atoms with van der Waals surface area (Å²) < 4.78 is 4.99. The highest BCUT2D eigenvalue weighted by atomic mass is 32.1. The second-order valence-corrected chi connectivity index (χ2v) is 9.80.